The Morgan fingerprint density at radius 3 is 2.79 bits per heavy atom. The average molecular weight is 454 g/mol. The van der Waals surface area contributed by atoms with E-state index in [1.54, 1.807) is 23.9 Å². The Kier molecular flexibility index (Phi) is 4.17. The van der Waals surface area contributed by atoms with Crippen molar-refractivity contribution in [1.82, 2.24) is 14.2 Å². The Hall–Kier alpha value is -2.80. The summed E-state index contributed by atoms with van der Waals surface area (Å²) in [6.07, 6.45) is 4.06. The van der Waals surface area contributed by atoms with Gasteiger partial charge >= 0.3 is 5.97 Å². The van der Waals surface area contributed by atoms with Gasteiger partial charge in [0.15, 0.2) is 0 Å². The van der Waals surface area contributed by atoms with Gasteiger partial charge in [0.05, 0.1) is 18.4 Å². The minimum absolute atomic E-state index is 0.144. The Bertz CT molecular complexity index is 1280. The highest BCUT2D eigenvalue weighted by Gasteiger charge is 2.26. The molecule has 1 fully saturated rings. The number of hydrogen-bond acceptors (Lipinski definition) is 3. The second-order valence-corrected chi connectivity index (χ2v) is 8.57. The quantitative estimate of drug-likeness (QED) is 0.453. The van der Waals surface area contributed by atoms with Crippen molar-refractivity contribution in [1.29, 1.82) is 0 Å². The van der Waals surface area contributed by atoms with Gasteiger partial charge in [-0.05, 0) is 49.9 Å². The lowest BCUT2D eigenvalue weighted by Gasteiger charge is -2.09. The van der Waals surface area contributed by atoms with Gasteiger partial charge in [0.2, 0.25) is 0 Å². The van der Waals surface area contributed by atoms with Crippen molar-refractivity contribution in [3.63, 3.8) is 0 Å². The van der Waals surface area contributed by atoms with Crippen molar-refractivity contribution in [2.45, 2.75) is 26.3 Å². The maximum atomic E-state index is 11.5. The second kappa shape index (κ2) is 6.62. The van der Waals surface area contributed by atoms with Crippen LogP contribution in [0.5, 0.6) is 5.75 Å². The lowest BCUT2D eigenvalue weighted by Crippen LogP contribution is -2.03. The number of aryl methyl sites for hydroxylation is 1. The fourth-order valence-corrected chi connectivity index (χ4v) is 4.33. The third-order valence-corrected chi connectivity index (χ3v) is 6.14. The van der Waals surface area contributed by atoms with Crippen molar-refractivity contribution < 1.29 is 14.6 Å². The van der Waals surface area contributed by atoms with Gasteiger partial charge in [0.1, 0.15) is 17.0 Å². The van der Waals surface area contributed by atoms with Crippen LogP contribution in [0, 0.1) is 12.8 Å². The zero-order valence-electron chi connectivity index (χ0n) is 16.1. The molecule has 0 bridgehead atoms. The summed E-state index contributed by atoms with van der Waals surface area (Å²) in [6.45, 7) is 2.97. The van der Waals surface area contributed by atoms with Crippen LogP contribution in [0.2, 0.25) is 0 Å². The van der Waals surface area contributed by atoms with E-state index in [1.165, 1.54) is 23.7 Å². The number of carboxylic acids is 1. The van der Waals surface area contributed by atoms with Crippen LogP contribution in [0.1, 0.15) is 28.8 Å². The highest BCUT2D eigenvalue weighted by Crippen LogP contribution is 2.38. The standard InChI is InChI=1S/C22H20BrN3O3/c1-12-20(24-26-11-15(22(27)28)8-19(29-2)21(12)26)18-7-14-5-6-16(23)9-17(14)25(18)10-13-3-4-13/h5-9,11,13H,3-4,10H2,1-2H3,(H,27,28). The number of pyridine rings is 1. The maximum Gasteiger partial charge on any atom is 0.337 e. The molecule has 0 atom stereocenters. The molecule has 1 aromatic carbocycles. The lowest BCUT2D eigenvalue weighted by atomic mass is 10.1. The first-order valence-electron chi connectivity index (χ1n) is 9.55. The summed E-state index contributed by atoms with van der Waals surface area (Å²) in [4.78, 5) is 11.5. The summed E-state index contributed by atoms with van der Waals surface area (Å²) in [5.74, 6) is 0.204. The van der Waals surface area contributed by atoms with Gasteiger partial charge in [-0.1, -0.05) is 22.0 Å². The maximum absolute atomic E-state index is 11.5. The zero-order chi connectivity index (χ0) is 20.3. The van der Waals surface area contributed by atoms with E-state index in [1.807, 2.05) is 13.0 Å². The van der Waals surface area contributed by atoms with Crippen LogP contribution in [0.15, 0.2) is 41.0 Å². The molecule has 6 nitrogen and oxygen atoms in total. The predicted octanol–water partition coefficient (Wildman–Crippen LogP) is 5.14. The molecular formula is C22H20BrN3O3. The molecule has 1 aliphatic carbocycles. The predicted molar refractivity (Wildman–Crippen MR) is 115 cm³/mol. The number of halogens is 1. The number of carbonyl (C=O) groups is 1. The molecular weight excluding hydrogens is 434 g/mol. The topological polar surface area (TPSA) is 68.8 Å². The summed E-state index contributed by atoms with van der Waals surface area (Å²) < 4.78 is 10.5. The summed E-state index contributed by atoms with van der Waals surface area (Å²) in [7, 11) is 1.55. The Morgan fingerprint density at radius 2 is 2.10 bits per heavy atom. The van der Waals surface area contributed by atoms with Crippen LogP contribution in [0.4, 0.5) is 0 Å². The first-order valence-corrected chi connectivity index (χ1v) is 10.3. The van der Waals surface area contributed by atoms with Crippen molar-refractivity contribution in [3.8, 4) is 17.1 Å². The molecule has 148 valence electrons. The normalized spacial score (nSPS) is 14.0. The molecule has 0 amide bonds. The van der Waals surface area contributed by atoms with Crippen LogP contribution in [0.3, 0.4) is 0 Å². The second-order valence-electron chi connectivity index (χ2n) is 7.66. The van der Waals surface area contributed by atoms with Gasteiger partial charge in [-0.25, -0.2) is 9.31 Å². The average Bonchev–Trinajstić information content (AvgIpc) is 3.37. The van der Waals surface area contributed by atoms with Crippen LogP contribution in [-0.2, 0) is 6.54 Å². The number of methoxy groups -OCH3 is 1. The summed E-state index contributed by atoms with van der Waals surface area (Å²) in [5, 5.41) is 15.4. The Morgan fingerprint density at radius 1 is 1.31 bits per heavy atom. The number of benzene rings is 1. The molecule has 1 saturated carbocycles. The van der Waals surface area contributed by atoms with E-state index in [-0.39, 0.29) is 5.56 Å². The first kappa shape index (κ1) is 18.2. The zero-order valence-corrected chi connectivity index (χ0v) is 17.7. The van der Waals surface area contributed by atoms with E-state index in [0.29, 0.717) is 11.7 Å². The van der Waals surface area contributed by atoms with E-state index >= 15 is 0 Å². The van der Waals surface area contributed by atoms with E-state index in [9.17, 15) is 9.90 Å². The number of hydrogen-bond donors (Lipinski definition) is 1. The molecule has 0 aliphatic heterocycles. The lowest BCUT2D eigenvalue weighted by molar-refractivity contribution is 0.0695. The van der Waals surface area contributed by atoms with Gasteiger partial charge in [-0.3, -0.25) is 0 Å². The van der Waals surface area contributed by atoms with Crippen molar-refractivity contribution in [2.75, 3.05) is 7.11 Å². The van der Waals surface area contributed by atoms with Crippen LogP contribution in [-0.4, -0.2) is 32.4 Å². The fourth-order valence-electron chi connectivity index (χ4n) is 3.98. The van der Waals surface area contributed by atoms with Crippen LogP contribution >= 0.6 is 15.9 Å². The summed E-state index contributed by atoms with van der Waals surface area (Å²) in [5.41, 5.74) is 4.97. The number of aromatic nitrogens is 3. The molecule has 4 aromatic rings. The van der Waals surface area contributed by atoms with Gasteiger partial charge in [-0.15, -0.1) is 0 Å². The van der Waals surface area contributed by atoms with Gasteiger partial charge in [-0.2, -0.15) is 5.10 Å². The molecule has 29 heavy (non-hydrogen) atoms. The van der Waals surface area contributed by atoms with Gasteiger partial charge in [0.25, 0.3) is 0 Å². The number of fused-ring (bicyclic) bond motifs is 2. The number of aromatic carboxylic acids is 1. The largest absolute Gasteiger partial charge is 0.494 e. The number of rotatable bonds is 5. The van der Waals surface area contributed by atoms with Crippen molar-refractivity contribution in [3.05, 3.63) is 52.1 Å². The number of ether oxygens (including phenoxy) is 1. The molecule has 3 aromatic heterocycles. The summed E-state index contributed by atoms with van der Waals surface area (Å²) in [6, 6.07) is 10.0. The van der Waals surface area contributed by atoms with Crippen LogP contribution in [0.25, 0.3) is 27.8 Å². The van der Waals surface area contributed by atoms with E-state index in [2.05, 4.69) is 38.7 Å². The number of carboxylic acid groups (broad SMARTS) is 1. The number of nitrogens with zero attached hydrogens (tertiary/aromatic N) is 3. The molecule has 0 unspecified atom stereocenters. The molecule has 0 spiro atoms. The molecule has 3 heterocycles. The molecule has 7 heteroatoms. The minimum Gasteiger partial charge on any atom is -0.494 e. The summed E-state index contributed by atoms with van der Waals surface area (Å²) >= 11 is 3.59. The third kappa shape index (κ3) is 3.00. The third-order valence-electron chi connectivity index (χ3n) is 5.64. The van der Waals surface area contributed by atoms with Crippen LogP contribution < -0.4 is 4.74 Å². The molecule has 0 saturated heterocycles. The Labute approximate surface area is 175 Å². The highest BCUT2D eigenvalue weighted by atomic mass is 79.9. The van der Waals surface area contributed by atoms with Crippen molar-refractivity contribution in [2.24, 2.45) is 5.92 Å². The Balaban J connectivity index is 1.78. The van der Waals surface area contributed by atoms with E-state index < -0.39 is 5.97 Å². The molecule has 1 N–H and O–H groups in total. The van der Waals surface area contributed by atoms with E-state index in [4.69, 9.17) is 9.84 Å². The smallest absolute Gasteiger partial charge is 0.337 e. The van der Waals surface area contributed by atoms with Gasteiger partial charge in [0, 0.05) is 33.7 Å². The van der Waals surface area contributed by atoms with Crippen molar-refractivity contribution >= 4 is 38.3 Å². The first-order chi connectivity index (χ1) is 14.0. The SMILES string of the molecule is COc1cc(C(=O)O)cn2nc(-c3cc4ccc(Br)cc4n3CC3CC3)c(C)c12. The monoisotopic (exact) mass is 453 g/mol. The minimum atomic E-state index is -1.01. The van der Waals surface area contributed by atoms with Gasteiger partial charge < -0.3 is 14.4 Å². The molecule has 0 radical (unpaired) electrons. The highest BCUT2D eigenvalue weighted by molar-refractivity contribution is 9.10. The van der Waals surface area contributed by atoms with E-state index in [0.717, 1.165) is 33.5 Å². The molecule has 1 aliphatic rings. The fraction of sp³-hybridized carbons (Fsp3) is 0.273. The molecule has 5 rings (SSSR count).